The van der Waals surface area contributed by atoms with E-state index < -0.39 is 11.6 Å². The zero-order valence-electron chi connectivity index (χ0n) is 22.0. The second-order valence-corrected chi connectivity index (χ2v) is 11.1. The molecule has 2 aliphatic heterocycles. The summed E-state index contributed by atoms with van der Waals surface area (Å²) < 4.78 is 21.8. The number of nitrogens with one attached hydrogen (secondary N) is 1. The van der Waals surface area contributed by atoms with Gasteiger partial charge < -0.3 is 24.8 Å². The van der Waals surface area contributed by atoms with Crippen molar-refractivity contribution in [3.05, 3.63) is 61.7 Å². The highest BCUT2D eigenvalue weighted by atomic mass is 19.1. The first kappa shape index (κ1) is 25.2. The van der Waals surface area contributed by atoms with E-state index in [-0.39, 0.29) is 66.7 Å². The molecule has 2 aromatic heterocycles. The third-order valence-corrected chi connectivity index (χ3v) is 8.65. The molecule has 0 spiro atoms. The number of aryl methyl sites for hydroxylation is 1. The van der Waals surface area contributed by atoms with Crippen molar-refractivity contribution >= 4 is 16.9 Å². The Bertz CT molecular complexity index is 1580. The van der Waals surface area contributed by atoms with E-state index in [4.69, 9.17) is 9.72 Å². The van der Waals surface area contributed by atoms with E-state index >= 15 is 4.39 Å². The highest BCUT2D eigenvalue weighted by Gasteiger charge is 2.46. The number of fused-ring (bicyclic) bond motifs is 5. The number of aliphatic hydroxyl groups is 2. The Labute approximate surface area is 219 Å². The number of ether oxygens (including phenoxy) is 1. The number of carbonyl (C=O) groups excluding carboxylic acids is 1. The fraction of sp³-hybridized carbons (Fsp3) is 0.483. The van der Waals surface area contributed by atoms with Crippen molar-refractivity contribution in [3.63, 3.8) is 0 Å². The second kappa shape index (κ2) is 8.69. The van der Waals surface area contributed by atoms with Gasteiger partial charge in [0.2, 0.25) is 0 Å². The first-order chi connectivity index (χ1) is 18.1. The van der Waals surface area contributed by atoms with Crippen molar-refractivity contribution in [1.29, 1.82) is 0 Å². The topological polar surface area (TPSA) is 114 Å². The largest absolute Gasteiger partial charge is 0.458 e. The van der Waals surface area contributed by atoms with Gasteiger partial charge in [0.15, 0.2) is 5.60 Å². The molecular weight excluding hydrogens is 489 g/mol. The van der Waals surface area contributed by atoms with Crippen molar-refractivity contribution < 1.29 is 24.1 Å². The maximum atomic E-state index is 15.0. The average Bonchev–Trinajstić information content (AvgIpc) is 3.27. The minimum absolute atomic E-state index is 0.0555. The van der Waals surface area contributed by atoms with Crippen LogP contribution in [0.4, 0.5) is 4.39 Å². The van der Waals surface area contributed by atoms with E-state index in [2.05, 4.69) is 5.32 Å². The lowest BCUT2D eigenvalue weighted by atomic mass is 9.75. The Balaban J connectivity index is 1.66. The van der Waals surface area contributed by atoms with Gasteiger partial charge in [0, 0.05) is 40.6 Å². The summed E-state index contributed by atoms with van der Waals surface area (Å²) in [6.07, 6.45) is 1.44. The van der Waals surface area contributed by atoms with Gasteiger partial charge in [-0.3, -0.25) is 4.79 Å². The Kier molecular flexibility index (Phi) is 5.75. The van der Waals surface area contributed by atoms with Crippen LogP contribution in [-0.2, 0) is 34.7 Å². The van der Waals surface area contributed by atoms with Crippen LogP contribution in [0.15, 0.2) is 16.9 Å². The fourth-order valence-corrected chi connectivity index (χ4v) is 6.72. The smallest absolute Gasteiger partial charge is 0.343 e. The van der Waals surface area contributed by atoms with Crippen LogP contribution < -0.4 is 10.9 Å². The SMILES string of the molecule is CC[C@@]1(O)C(=O)OCc2c1cc1n(c2=O)Cc2c-1nc1cc(F)c(C)c3c1c2[C@@H]([C@H](CO)NC(C)C)CC3. The number of aliphatic hydroxyl groups excluding tert-OH is 1. The van der Waals surface area contributed by atoms with Gasteiger partial charge in [0.05, 0.1) is 35.6 Å². The fourth-order valence-electron chi connectivity index (χ4n) is 6.72. The summed E-state index contributed by atoms with van der Waals surface area (Å²) in [5.74, 6) is -1.17. The summed E-state index contributed by atoms with van der Waals surface area (Å²) in [7, 11) is 0. The summed E-state index contributed by atoms with van der Waals surface area (Å²) in [6, 6.07) is 3.04. The molecule has 8 nitrogen and oxygen atoms in total. The Morgan fingerprint density at radius 1 is 1.26 bits per heavy atom. The number of halogens is 1. The van der Waals surface area contributed by atoms with Crippen LogP contribution in [0.1, 0.15) is 72.9 Å². The van der Waals surface area contributed by atoms with Crippen LogP contribution in [0.3, 0.4) is 0 Å². The van der Waals surface area contributed by atoms with Crippen LogP contribution in [0.5, 0.6) is 0 Å². The molecule has 0 bridgehead atoms. The minimum Gasteiger partial charge on any atom is -0.458 e. The van der Waals surface area contributed by atoms with Gasteiger partial charge in [-0.1, -0.05) is 20.8 Å². The number of hydrogen-bond donors (Lipinski definition) is 3. The van der Waals surface area contributed by atoms with Crippen LogP contribution in [0.2, 0.25) is 0 Å². The minimum atomic E-state index is -1.92. The molecule has 0 radical (unpaired) electrons. The molecular formula is C29H32FN3O5. The van der Waals surface area contributed by atoms with Crippen molar-refractivity contribution in [2.45, 2.75) is 83.7 Å². The maximum absolute atomic E-state index is 15.0. The standard InChI is InChI=1S/C29H32FN3O5/c1-5-29(37)19-8-23-26-17(10-33(23)27(35)18(19)12-38-28(29)36)24-16(22(11-34)31-13(2)3)7-6-15-14(4)20(30)9-21(32-26)25(15)24/h8-9,13,16,22,31,34,37H,5-7,10-12H2,1-4H3/t16-,22+,29+/m1/s1. The maximum Gasteiger partial charge on any atom is 0.343 e. The van der Waals surface area contributed by atoms with Crippen LogP contribution in [-0.4, -0.2) is 44.4 Å². The zero-order chi connectivity index (χ0) is 27.1. The molecule has 200 valence electrons. The summed E-state index contributed by atoms with van der Waals surface area (Å²) in [6.45, 7) is 7.51. The van der Waals surface area contributed by atoms with E-state index in [1.165, 1.54) is 6.07 Å². The first-order valence-corrected chi connectivity index (χ1v) is 13.3. The molecule has 4 heterocycles. The lowest BCUT2D eigenvalue weighted by Gasteiger charge is -2.35. The monoisotopic (exact) mass is 521 g/mol. The molecule has 6 rings (SSSR count). The van der Waals surface area contributed by atoms with E-state index in [0.717, 1.165) is 22.1 Å². The number of pyridine rings is 2. The molecule has 0 amide bonds. The predicted octanol–water partition coefficient (Wildman–Crippen LogP) is 2.92. The Morgan fingerprint density at radius 3 is 2.71 bits per heavy atom. The van der Waals surface area contributed by atoms with E-state index in [1.807, 2.05) is 13.8 Å². The van der Waals surface area contributed by atoms with Gasteiger partial charge in [-0.2, -0.15) is 0 Å². The lowest BCUT2D eigenvalue weighted by Crippen LogP contribution is -2.44. The van der Waals surface area contributed by atoms with Gasteiger partial charge in [-0.15, -0.1) is 0 Å². The van der Waals surface area contributed by atoms with Gasteiger partial charge in [0.25, 0.3) is 5.56 Å². The van der Waals surface area contributed by atoms with Gasteiger partial charge in [-0.25, -0.2) is 14.2 Å². The van der Waals surface area contributed by atoms with E-state index in [0.29, 0.717) is 35.3 Å². The van der Waals surface area contributed by atoms with Crippen molar-refractivity contribution in [2.75, 3.05) is 6.61 Å². The molecule has 0 unspecified atom stereocenters. The summed E-state index contributed by atoms with van der Waals surface area (Å²) >= 11 is 0. The number of aromatic nitrogens is 2. The van der Waals surface area contributed by atoms with Gasteiger partial charge in [-0.05, 0) is 48.9 Å². The van der Waals surface area contributed by atoms with Crippen LogP contribution >= 0.6 is 0 Å². The van der Waals surface area contributed by atoms with Gasteiger partial charge >= 0.3 is 5.97 Å². The van der Waals surface area contributed by atoms with Gasteiger partial charge in [0.1, 0.15) is 12.4 Å². The summed E-state index contributed by atoms with van der Waals surface area (Å²) in [5.41, 5.74) is 3.18. The third-order valence-electron chi connectivity index (χ3n) is 8.65. The normalized spacial score (nSPS) is 22.3. The molecule has 0 saturated carbocycles. The molecule has 3 aliphatic rings. The molecule has 3 aromatic rings. The highest BCUT2D eigenvalue weighted by molar-refractivity contribution is 5.93. The number of cyclic esters (lactones) is 1. The third kappa shape index (κ3) is 3.34. The van der Waals surface area contributed by atoms with Crippen molar-refractivity contribution in [3.8, 4) is 11.4 Å². The number of carbonyl (C=O) groups is 1. The average molecular weight is 522 g/mol. The molecule has 3 atom stereocenters. The quantitative estimate of drug-likeness (QED) is 0.346. The Hall–Kier alpha value is -3.14. The summed E-state index contributed by atoms with van der Waals surface area (Å²) in [4.78, 5) is 31.1. The molecule has 1 aliphatic carbocycles. The highest BCUT2D eigenvalue weighted by Crippen LogP contribution is 2.47. The number of esters is 1. The molecule has 3 N–H and O–H groups in total. The van der Waals surface area contributed by atoms with E-state index in [1.54, 1.807) is 24.5 Å². The molecule has 0 saturated heterocycles. The number of benzene rings is 1. The van der Waals surface area contributed by atoms with Crippen LogP contribution in [0, 0.1) is 12.7 Å². The number of hydrogen-bond acceptors (Lipinski definition) is 7. The molecule has 1 aromatic carbocycles. The summed E-state index contributed by atoms with van der Waals surface area (Å²) in [5, 5.41) is 26.0. The first-order valence-electron chi connectivity index (χ1n) is 13.3. The Morgan fingerprint density at radius 2 is 2.03 bits per heavy atom. The second-order valence-electron chi connectivity index (χ2n) is 11.1. The molecule has 0 fully saturated rings. The lowest BCUT2D eigenvalue weighted by molar-refractivity contribution is -0.172. The molecule has 38 heavy (non-hydrogen) atoms. The van der Waals surface area contributed by atoms with Crippen molar-refractivity contribution in [1.82, 2.24) is 14.9 Å². The van der Waals surface area contributed by atoms with Crippen molar-refractivity contribution in [2.24, 2.45) is 0 Å². The van der Waals surface area contributed by atoms with E-state index in [9.17, 15) is 19.8 Å². The zero-order valence-corrected chi connectivity index (χ0v) is 22.0. The molecule has 9 heteroatoms. The van der Waals surface area contributed by atoms with Crippen LogP contribution in [0.25, 0.3) is 22.3 Å². The predicted molar refractivity (Wildman–Crippen MR) is 139 cm³/mol. The number of nitrogens with zero attached hydrogens (tertiary/aromatic N) is 2. The number of rotatable bonds is 5.